The molecule has 0 radical (unpaired) electrons. The van der Waals surface area contributed by atoms with Crippen LogP contribution in [0.5, 0.6) is 5.75 Å². The Bertz CT molecular complexity index is 848. The number of nitrogens with one attached hydrogen (secondary N) is 1. The van der Waals surface area contributed by atoms with Crippen molar-refractivity contribution in [1.82, 2.24) is 20.1 Å². The third kappa shape index (κ3) is 3.32. The van der Waals surface area contributed by atoms with Crippen molar-refractivity contribution in [2.45, 2.75) is 56.9 Å². The number of hydrogen-bond acceptors (Lipinski definition) is 4. The number of ether oxygens (including phenoxy) is 1. The zero-order chi connectivity index (χ0) is 19.9. The van der Waals surface area contributed by atoms with Gasteiger partial charge in [-0.15, -0.1) is 0 Å². The van der Waals surface area contributed by atoms with Crippen LogP contribution in [0.4, 0.5) is 0 Å². The summed E-state index contributed by atoms with van der Waals surface area (Å²) in [6.07, 6.45) is 12.0. The van der Waals surface area contributed by atoms with Crippen molar-refractivity contribution in [3.8, 4) is 5.75 Å². The zero-order valence-electron chi connectivity index (χ0n) is 17.1. The van der Waals surface area contributed by atoms with Gasteiger partial charge < -0.3 is 10.1 Å². The second kappa shape index (κ2) is 7.15. The minimum absolute atomic E-state index is 0.00101. The summed E-state index contributed by atoms with van der Waals surface area (Å²) in [7, 11) is 1.68. The molecule has 6 rings (SSSR count). The molecule has 4 bridgehead atoms. The lowest BCUT2D eigenvalue weighted by Crippen LogP contribution is -2.61. The molecule has 4 fully saturated rings. The van der Waals surface area contributed by atoms with Crippen LogP contribution in [-0.2, 0) is 16.8 Å². The van der Waals surface area contributed by atoms with E-state index in [0.717, 1.165) is 57.2 Å². The maximum Gasteiger partial charge on any atom is 0.226 e. The number of carbonyl (C=O) groups is 1. The molecule has 2 unspecified atom stereocenters. The van der Waals surface area contributed by atoms with Crippen LogP contribution in [0.25, 0.3) is 0 Å². The molecular weight excluding hydrogens is 364 g/mol. The highest BCUT2D eigenvalue weighted by Gasteiger charge is 2.61. The zero-order valence-corrected chi connectivity index (χ0v) is 17.1. The first kappa shape index (κ1) is 18.6. The van der Waals surface area contributed by atoms with Gasteiger partial charge in [-0.25, -0.2) is 9.67 Å². The Morgan fingerprint density at radius 2 is 1.97 bits per heavy atom. The molecule has 6 nitrogen and oxygen atoms in total. The highest BCUT2D eigenvalue weighted by Crippen LogP contribution is 2.64. The van der Waals surface area contributed by atoms with Crippen LogP contribution in [0.2, 0.25) is 0 Å². The van der Waals surface area contributed by atoms with E-state index < -0.39 is 0 Å². The van der Waals surface area contributed by atoms with Gasteiger partial charge in [0.05, 0.1) is 18.1 Å². The van der Waals surface area contributed by atoms with E-state index in [4.69, 9.17) is 4.74 Å². The Morgan fingerprint density at radius 1 is 1.21 bits per heavy atom. The predicted molar refractivity (Wildman–Crippen MR) is 109 cm³/mol. The van der Waals surface area contributed by atoms with Crippen LogP contribution in [-0.4, -0.2) is 34.3 Å². The molecule has 6 heteroatoms. The van der Waals surface area contributed by atoms with E-state index in [1.165, 1.54) is 12.0 Å². The molecule has 1 aromatic heterocycles. The van der Waals surface area contributed by atoms with E-state index >= 15 is 0 Å². The molecular formula is C23H30N4O2. The molecule has 4 atom stereocenters. The number of rotatable bonds is 7. The fourth-order valence-electron chi connectivity index (χ4n) is 6.68. The smallest absolute Gasteiger partial charge is 0.226 e. The molecule has 1 amide bonds. The number of amides is 1. The molecule has 1 aromatic carbocycles. The van der Waals surface area contributed by atoms with Crippen molar-refractivity contribution < 1.29 is 9.53 Å². The first-order chi connectivity index (χ1) is 14.1. The minimum atomic E-state index is -0.212. The first-order valence-electron chi connectivity index (χ1n) is 10.9. The summed E-state index contributed by atoms with van der Waals surface area (Å²) in [6.45, 7) is 0.734. The van der Waals surface area contributed by atoms with Gasteiger partial charge in [0, 0.05) is 6.54 Å². The molecule has 0 spiro atoms. The molecule has 29 heavy (non-hydrogen) atoms. The van der Waals surface area contributed by atoms with Crippen LogP contribution in [0, 0.1) is 17.3 Å². The number of aromatic nitrogens is 3. The average Bonchev–Trinajstić information content (AvgIpc) is 3.26. The number of methoxy groups -OCH3 is 1. The largest absolute Gasteiger partial charge is 0.497 e. The van der Waals surface area contributed by atoms with Crippen molar-refractivity contribution in [2.24, 2.45) is 17.3 Å². The fraction of sp³-hybridized carbons (Fsp3) is 0.609. The highest BCUT2D eigenvalue weighted by molar-refractivity contribution is 5.83. The molecule has 154 valence electrons. The van der Waals surface area contributed by atoms with Crippen molar-refractivity contribution in [2.75, 3.05) is 13.7 Å². The number of aryl methyl sites for hydroxylation is 1. The summed E-state index contributed by atoms with van der Waals surface area (Å²) in [5.41, 5.74) is 1.07. The SMILES string of the molecule is COc1ccc(CCCNC(=O)C23C[C@H]4C[C@@H](C2)CC(n2cncn2)(C4)C3)cc1. The monoisotopic (exact) mass is 394 g/mol. The Balaban J connectivity index is 1.21. The van der Waals surface area contributed by atoms with Crippen LogP contribution >= 0.6 is 0 Å². The summed E-state index contributed by atoms with van der Waals surface area (Å²) < 4.78 is 7.28. The molecule has 0 aliphatic heterocycles. The van der Waals surface area contributed by atoms with E-state index in [2.05, 4.69) is 32.2 Å². The summed E-state index contributed by atoms with van der Waals surface area (Å²) in [5, 5.41) is 7.77. The van der Waals surface area contributed by atoms with Gasteiger partial charge in [-0.3, -0.25) is 4.79 Å². The maximum absolute atomic E-state index is 13.3. The molecule has 2 aromatic rings. The van der Waals surface area contributed by atoms with Gasteiger partial charge in [-0.2, -0.15) is 5.10 Å². The molecule has 4 aliphatic rings. The van der Waals surface area contributed by atoms with Crippen LogP contribution in [0.15, 0.2) is 36.9 Å². The third-order valence-corrected chi connectivity index (χ3v) is 7.50. The van der Waals surface area contributed by atoms with E-state index in [0.29, 0.717) is 11.8 Å². The number of benzene rings is 1. The third-order valence-electron chi connectivity index (χ3n) is 7.50. The van der Waals surface area contributed by atoms with Gasteiger partial charge in [0.1, 0.15) is 18.4 Å². The van der Waals surface area contributed by atoms with Crippen molar-refractivity contribution in [3.63, 3.8) is 0 Å². The van der Waals surface area contributed by atoms with Gasteiger partial charge in [0.15, 0.2) is 0 Å². The molecule has 0 saturated heterocycles. The predicted octanol–water partition coefficient (Wildman–Crippen LogP) is 3.33. The van der Waals surface area contributed by atoms with E-state index in [1.807, 2.05) is 18.5 Å². The second-order valence-electron chi connectivity index (χ2n) is 9.51. The number of hydrogen-bond donors (Lipinski definition) is 1. The van der Waals surface area contributed by atoms with Gasteiger partial charge in [-0.1, -0.05) is 12.1 Å². The van der Waals surface area contributed by atoms with Crippen LogP contribution in [0.3, 0.4) is 0 Å². The van der Waals surface area contributed by atoms with Gasteiger partial charge in [0.25, 0.3) is 0 Å². The van der Waals surface area contributed by atoms with E-state index in [-0.39, 0.29) is 16.9 Å². The summed E-state index contributed by atoms with van der Waals surface area (Å²) >= 11 is 0. The summed E-state index contributed by atoms with van der Waals surface area (Å²) in [4.78, 5) is 17.5. The highest BCUT2D eigenvalue weighted by atomic mass is 16.5. The Hall–Kier alpha value is -2.37. The number of carbonyl (C=O) groups excluding carboxylic acids is 1. The first-order valence-corrected chi connectivity index (χ1v) is 10.9. The molecule has 1 N–H and O–H groups in total. The standard InChI is InChI=1S/C23H30N4O2/c1-29-20-6-4-17(5-7-20)3-2-8-25-21(28)22-10-18-9-19(11-22)13-23(12-18,14-22)27-16-24-15-26-27/h4-7,15-16,18-19H,2-3,8-14H2,1H3,(H,25,28)/t18-,19+,22?,23?. The fourth-order valence-corrected chi connectivity index (χ4v) is 6.68. The Labute approximate surface area is 172 Å². The number of nitrogens with zero attached hydrogens (tertiary/aromatic N) is 3. The normalized spacial score (nSPS) is 32.3. The quantitative estimate of drug-likeness (QED) is 0.732. The second-order valence-corrected chi connectivity index (χ2v) is 9.51. The lowest BCUT2D eigenvalue weighted by molar-refractivity contribution is -0.156. The summed E-state index contributed by atoms with van der Waals surface area (Å²) in [5.74, 6) is 2.44. The maximum atomic E-state index is 13.3. The Kier molecular flexibility index (Phi) is 4.60. The Morgan fingerprint density at radius 3 is 2.62 bits per heavy atom. The van der Waals surface area contributed by atoms with Crippen molar-refractivity contribution in [1.29, 1.82) is 0 Å². The molecule has 4 aliphatic carbocycles. The van der Waals surface area contributed by atoms with E-state index in [1.54, 1.807) is 13.4 Å². The minimum Gasteiger partial charge on any atom is -0.497 e. The van der Waals surface area contributed by atoms with Gasteiger partial charge in [0.2, 0.25) is 5.91 Å². The molecule has 4 saturated carbocycles. The topological polar surface area (TPSA) is 69.0 Å². The lowest BCUT2D eigenvalue weighted by Gasteiger charge is -2.60. The molecule has 1 heterocycles. The van der Waals surface area contributed by atoms with Crippen LogP contribution < -0.4 is 10.1 Å². The van der Waals surface area contributed by atoms with Crippen molar-refractivity contribution >= 4 is 5.91 Å². The lowest BCUT2D eigenvalue weighted by atomic mass is 9.46. The van der Waals surface area contributed by atoms with Crippen LogP contribution in [0.1, 0.15) is 50.5 Å². The average molecular weight is 395 g/mol. The van der Waals surface area contributed by atoms with E-state index in [9.17, 15) is 4.79 Å². The van der Waals surface area contributed by atoms with Gasteiger partial charge >= 0.3 is 0 Å². The van der Waals surface area contributed by atoms with Crippen molar-refractivity contribution in [3.05, 3.63) is 42.5 Å². The van der Waals surface area contributed by atoms with Gasteiger partial charge in [-0.05, 0) is 80.9 Å². The summed E-state index contributed by atoms with van der Waals surface area (Å²) in [6, 6.07) is 8.18.